The lowest BCUT2D eigenvalue weighted by Gasteiger charge is -2.23. The van der Waals surface area contributed by atoms with E-state index in [0.29, 0.717) is 11.6 Å². The van der Waals surface area contributed by atoms with Crippen molar-refractivity contribution in [2.75, 3.05) is 30.8 Å². The van der Waals surface area contributed by atoms with Gasteiger partial charge in [0.15, 0.2) is 0 Å². The number of hydrogen-bond donors (Lipinski definition) is 1. The van der Waals surface area contributed by atoms with Crippen molar-refractivity contribution in [1.29, 1.82) is 0 Å². The fourth-order valence-corrected chi connectivity index (χ4v) is 2.80. The highest BCUT2D eigenvalue weighted by Gasteiger charge is 2.20. The molecule has 2 heterocycles. The molecule has 2 N–H and O–H groups in total. The number of anilines is 2. The van der Waals surface area contributed by atoms with Gasteiger partial charge >= 0.3 is 0 Å². The van der Waals surface area contributed by atoms with E-state index in [0.717, 1.165) is 30.7 Å². The van der Waals surface area contributed by atoms with Crippen LogP contribution in [-0.4, -0.2) is 25.2 Å². The zero-order chi connectivity index (χ0) is 13.8. The van der Waals surface area contributed by atoms with Crippen LogP contribution in [0.15, 0.2) is 12.1 Å². The summed E-state index contributed by atoms with van der Waals surface area (Å²) < 4.78 is 5.20. The zero-order valence-electron chi connectivity index (χ0n) is 12.2. The Morgan fingerprint density at radius 2 is 2.11 bits per heavy atom. The van der Waals surface area contributed by atoms with E-state index in [4.69, 9.17) is 10.5 Å². The number of pyridine rings is 1. The molecule has 1 saturated heterocycles. The van der Waals surface area contributed by atoms with Crippen molar-refractivity contribution in [1.82, 2.24) is 4.98 Å². The van der Waals surface area contributed by atoms with Gasteiger partial charge < -0.3 is 15.4 Å². The third kappa shape index (κ3) is 3.31. The first-order chi connectivity index (χ1) is 9.11. The highest BCUT2D eigenvalue weighted by molar-refractivity contribution is 5.54. The first kappa shape index (κ1) is 14.0. The molecule has 4 heteroatoms. The minimum absolute atomic E-state index is 0.530. The van der Waals surface area contributed by atoms with Gasteiger partial charge in [-0.25, -0.2) is 0 Å². The molecule has 0 aliphatic carbocycles. The predicted octanol–water partition coefficient (Wildman–Crippen LogP) is 2.93. The van der Waals surface area contributed by atoms with E-state index < -0.39 is 0 Å². The van der Waals surface area contributed by atoms with E-state index in [1.165, 1.54) is 19.3 Å². The predicted molar refractivity (Wildman–Crippen MR) is 79.6 cm³/mol. The van der Waals surface area contributed by atoms with Crippen LogP contribution in [0.4, 0.5) is 11.5 Å². The smallest absolute Gasteiger partial charge is 0.238 e. The topological polar surface area (TPSA) is 51.4 Å². The minimum atomic E-state index is 0.530. The van der Waals surface area contributed by atoms with Crippen LogP contribution in [0.25, 0.3) is 0 Å². The van der Waals surface area contributed by atoms with Gasteiger partial charge in [-0.15, -0.1) is 0 Å². The van der Waals surface area contributed by atoms with Crippen LogP contribution in [-0.2, 0) is 0 Å². The summed E-state index contributed by atoms with van der Waals surface area (Å²) in [5.74, 6) is 3.12. The maximum absolute atomic E-state index is 5.82. The Bertz CT molecular complexity index is 420. The molecule has 0 aromatic carbocycles. The van der Waals surface area contributed by atoms with Crippen LogP contribution in [0.3, 0.4) is 0 Å². The van der Waals surface area contributed by atoms with Crippen LogP contribution in [0.5, 0.6) is 5.88 Å². The average Bonchev–Trinajstić information content (AvgIpc) is 2.65. The maximum Gasteiger partial charge on any atom is 0.238 e. The summed E-state index contributed by atoms with van der Waals surface area (Å²) in [5, 5.41) is 0. The molecule has 0 amide bonds. The van der Waals surface area contributed by atoms with Gasteiger partial charge in [-0.1, -0.05) is 13.8 Å². The van der Waals surface area contributed by atoms with Crippen molar-refractivity contribution >= 4 is 11.5 Å². The molecule has 0 saturated carbocycles. The third-order valence-electron chi connectivity index (χ3n) is 4.11. The Hall–Kier alpha value is -1.45. The molecule has 1 aromatic rings. The lowest BCUT2D eigenvalue weighted by Crippen LogP contribution is -2.25. The molecule has 0 bridgehead atoms. The van der Waals surface area contributed by atoms with Gasteiger partial charge in [0.25, 0.3) is 0 Å². The number of aromatic nitrogens is 1. The largest absolute Gasteiger partial charge is 0.479 e. The molecule has 1 aliphatic rings. The standard InChI is InChI=1S/C15H25N3O/c1-11(2)12-5-4-9-18(10-8-12)14-7-6-13(16)15(17-14)19-3/h6-7,11-12H,4-5,8-10,16H2,1-3H3. The summed E-state index contributed by atoms with van der Waals surface area (Å²) >= 11 is 0. The molecule has 0 radical (unpaired) electrons. The number of nitrogens with zero attached hydrogens (tertiary/aromatic N) is 2. The van der Waals surface area contributed by atoms with Crippen LogP contribution >= 0.6 is 0 Å². The van der Waals surface area contributed by atoms with Gasteiger partial charge in [0, 0.05) is 13.1 Å². The Labute approximate surface area is 116 Å². The molecule has 1 aromatic heterocycles. The van der Waals surface area contributed by atoms with Crippen LogP contribution < -0.4 is 15.4 Å². The van der Waals surface area contributed by atoms with Crippen molar-refractivity contribution in [2.45, 2.75) is 33.1 Å². The molecule has 0 spiro atoms. The van der Waals surface area contributed by atoms with Gasteiger partial charge in [0.05, 0.1) is 12.8 Å². The van der Waals surface area contributed by atoms with Crippen LogP contribution in [0.2, 0.25) is 0 Å². The Kier molecular flexibility index (Phi) is 4.51. The minimum Gasteiger partial charge on any atom is -0.479 e. The van der Waals surface area contributed by atoms with Gasteiger partial charge in [-0.2, -0.15) is 4.98 Å². The summed E-state index contributed by atoms with van der Waals surface area (Å²) in [6, 6.07) is 3.87. The number of ether oxygens (including phenoxy) is 1. The number of nitrogen functional groups attached to an aromatic ring is 1. The van der Waals surface area contributed by atoms with Crippen molar-refractivity contribution in [3.05, 3.63) is 12.1 Å². The van der Waals surface area contributed by atoms with Crippen molar-refractivity contribution in [2.24, 2.45) is 11.8 Å². The Morgan fingerprint density at radius 1 is 1.32 bits per heavy atom. The summed E-state index contributed by atoms with van der Waals surface area (Å²) in [6.45, 7) is 6.79. The van der Waals surface area contributed by atoms with Crippen molar-refractivity contribution in [3.8, 4) is 5.88 Å². The highest BCUT2D eigenvalue weighted by atomic mass is 16.5. The lowest BCUT2D eigenvalue weighted by molar-refractivity contribution is 0.351. The first-order valence-electron chi connectivity index (χ1n) is 7.17. The van der Waals surface area contributed by atoms with Gasteiger partial charge in [0.2, 0.25) is 5.88 Å². The van der Waals surface area contributed by atoms with Crippen molar-refractivity contribution in [3.63, 3.8) is 0 Å². The number of hydrogen-bond acceptors (Lipinski definition) is 4. The SMILES string of the molecule is COc1nc(N2CCCC(C(C)C)CC2)ccc1N. The fraction of sp³-hybridized carbons (Fsp3) is 0.667. The van der Waals surface area contributed by atoms with Gasteiger partial charge in [-0.05, 0) is 43.2 Å². The molecule has 4 nitrogen and oxygen atoms in total. The van der Waals surface area contributed by atoms with Gasteiger partial charge in [0.1, 0.15) is 5.82 Å². The third-order valence-corrected chi connectivity index (χ3v) is 4.11. The summed E-state index contributed by atoms with van der Waals surface area (Å²) in [4.78, 5) is 6.86. The summed E-state index contributed by atoms with van der Waals surface area (Å²) in [6.07, 6.45) is 3.80. The number of methoxy groups -OCH3 is 1. The molecule has 1 fully saturated rings. The van der Waals surface area contributed by atoms with Crippen molar-refractivity contribution < 1.29 is 4.74 Å². The van der Waals surface area contributed by atoms with E-state index in [9.17, 15) is 0 Å². The fourth-order valence-electron chi connectivity index (χ4n) is 2.80. The Balaban J connectivity index is 2.09. The lowest BCUT2D eigenvalue weighted by atomic mass is 9.89. The maximum atomic E-state index is 5.82. The van der Waals surface area contributed by atoms with E-state index in [-0.39, 0.29) is 0 Å². The molecular formula is C15H25N3O. The summed E-state index contributed by atoms with van der Waals surface area (Å²) in [5.41, 5.74) is 6.41. The second-order valence-electron chi connectivity index (χ2n) is 5.69. The monoisotopic (exact) mass is 263 g/mol. The number of nitrogens with two attached hydrogens (primary N) is 1. The van der Waals surface area contributed by atoms with E-state index in [2.05, 4.69) is 23.7 Å². The van der Waals surface area contributed by atoms with E-state index >= 15 is 0 Å². The second-order valence-corrected chi connectivity index (χ2v) is 5.69. The molecule has 1 atom stereocenters. The molecule has 1 unspecified atom stereocenters. The Morgan fingerprint density at radius 3 is 2.79 bits per heavy atom. The molecule has 106 valence electrons. The molecular weight excluding hydrogens is 238 g/mol. The second kappa shape index (κ2) is 6.13. The van der Waals surface area contributed by atoms with E-state index in [1.807, 2.05) is 12.1 Å². The van der Waals surface area contributed by atoms with E-state index in [1.54, 1.807) is 7.11 Å². The molecule has 2 rings (SSSR count). The van der Waals surface area contributed by atoms with Crippen LogP contribution in [0.1, 0.15) is 33.1 Å². The normalized spacial score (nSPS) is 20.4. The molecule has 1 aliphatic heterocycles. The number of rotatable bonds is 3. The van der Waals surface area contributed by atoms with Crippen LogP contribution in [0, 0.1) is 11.8 Å². The van der Waals surface area contributed by atoms with Gasteiger partial charge in [-0.3, -0.25) is 0 Å². The average molecular weight is 263 g/mol. The molecule has 19 heavy (non-hydrogen) atoms. The summed E-state index contributed by atoms with van der Waals surface area (Å²) in [7, 11) is 1.61. The highest BCUT2D eigenvalue weighted by Crippen LogP contribution is 2.28. The quantitative estimate of drug-likeness (QED) is 0.911. The first-order valence-corrected chi connectivity index (χ1v) is 7.17. The zero-order valence-corrected chi connectivity index (χ0v) is 12.2.